The van der Waals surface area contributed by atoms with Gasteiger partial charge in [0.05, 0.1) is 13.2 Å². The first kappa shape index (κ1) is 7.89. The van der Waals surface area contributed by atoms with Gasteiger partial charge in [0, 0.05) is 6.54 Å². The average Bonchev–Trinajstić information content (AvgIpc) is 1.77. The summed E-state index contributed by atoms with van der Waals surface area (Å²) in [6.07, 6.45) is 0. The number of ether oxygens (including phenoxy) is 1. The van der Waals surface area contributed by atoms with Gasteiger partial charge in [0.2, 0.25) is 4.46 Å². The van der Waals surface area contributed by atoms with E-state index in [0.717, 1.165) is 0 Å². The first-order chi connectivity index (χ1) is 4.13. The third kappa shape index (κ3) is 1.85. The summed E-state index contributed by atoms with van der Waals surface area (Å²) in [5.74, 6) is 0. The topological polar surface area (TPSA) is 12.5 Å². The molecule has 0 radical (unpaired) electrons. The molecule has 9 heavy (non-hydrogen) atoms. The second kappa shape index (κ2) is 2.81. The Hall–Kier alpha value is 0.790. The molecule has 54 valence electrons. The van der Waals surface area contributed by atoms with Crippen molar-refractivity contribution >= 4 is 35.0 Å². The van der Waals surface area contributed by atoms with Gasteiger partial charge in [0.1, 0.15) is 0 Å². The molecule has 0 atom stereocenters. The van der Waals surface area contributed by atoms with Crippen molar-refractivity contribution in [1.82, 2.24) is 4.42 Å². The smallest absolute Gasteiger partial charge is 0.207 e. The summed E-state index contributed by atoms with van der Waals surface area (Å²) < 4.78 is 5.26. The van der Waals surface area contributed by atoms with Crippen molar-refractivity contribution in [2.45, 2.75) is 4.46 Å². The van der Waals surface area contributed by atoms with E-state index in [0.29, 0.717) is 13.2 Å². The summed E-state index contributed by atoms with van der Waals surface area (Å²) >= 11 is 16.9. The van der Waals surface area contributed by atoms with E-state index in [1.54, 1.807) is 0 Å². The Morgan fingerprint density at radius 1 is 1.44 bits per heavy atom. The van der Waals surface area contributed by atoms with Gasteiger partial charge in [0.25, 0.3) is 0 Å². The molecule has 0 aromatic heterocycles. The highest BCUT2D eigenvalue weighted by atomic mass is 35.5. The van der Waals surface area contributed by atoms with Crippen LogP contribution >= 0.6 is 35.0 Å². The predicted octanol–water partition coefficient (Wildman–Crippen LogP) is 1.60. The zero-order valence-electron chi connectivity index (χ0n) is 4.61. The molecule has 1 heterocycles. The fourth-order valence-electron chi connectivity index (χ4n) is 0.573. The number of alkyl halides is 2. The van der Waals surface area contributed by atoms with Gasteiger partial charge in [-0.1, -0.05) is 23.2 Å². The summed E-state index contributed by atoms with van der Waals surface area (Å²) in [5.41, 5.74) is 0. The highest BCUT2D eigenvalue weighted by molar-refractivity contribution is 6.50. The standard InChI is InChI=1S/C4H6Cl3NO/c5-4(6)3-9-2-1-8(4)7/h1-3H2. The van der Waals surface area contributed by atoms with Gasteiger partial charge in [-0.05, 0) is 11.8 Å². The van der Waals surface area contributed by atoms with Crippen molar-refractivity contribution < 1.29 is 4.74 Å². The van der Waals surface area contributed by atoms with E-state index >= 15 is 0 Å². The number of halogens is 3. The quantitative estimate of drug-likeness (QED) is 0.327. The molecule has 0 N–H and O–H groups in total. The molecule has 0 aromatic carbocycles. The molecule has 0 saturated carbocycles. The monoisotopic (exact) mass is 189 g/mol. The third-order valence-electron chi connectivity index (χ3n) is 1.06. The van der Waals surface area contributed by atoms with Crippen LogP contribution in [-0.2, 0) is 4.74 Å². The molecule has 0 aromatic rings. The maximum atomic E-state index is 5.66. The molecular formula is C4H6Cl3NO. The van der Waals surface area contributed by atoms with Crippen molar-refractivity contribution in [3.05, 3.63) is 0 Å². The van der Waals surface area contributed by atoms with Crippen molar-refractivity contribution in [2.75, 3.05) is 19.8 Å². The second-order valence-electron chi connectivity index (χ2n) is 1.80. The molecule has 0 amide bonds. The normalized spacial score (nSPS) is 28.3. The van der Waals surface area contributed by atoms with Crippen LogP contribution in [0.15, 0.2) is 0 Å². The van der Waals surface area contributed by atoms with Crippen LogP contribution in [-0.4, -0.2) is 28.6 Å². The van der Waals surface area contributed by atoms with Crippen LogP contribution in [0.4, 0.5) is 0 Å². The largest absolute Gasteiger partial charge is 0.375 e. The highest BCUT2D eigenvalue weighted by Gasteiger charge is 2.34. The van der Waals surface area contributed by atoms with Crippen LogP contribution in [0.5, 0.6) is 0 Å². The number of hydrogen-bond donors (Lipinski definition) is 0. The molecule has 1 rings (SSSR count). The Labute approximate surface area is 68.7 Å². The number of morpholine rings is 1. The van der Waals surface area contributed by atoms with Gasteiger partial charge in [-0.2, -0.15) is 4.42 Å². The Kier molecular flexibility index (Phi) is 2.46. The first-order valence-electron chi connectivity index (χ1n) is 2.52. The maximum absolute atomic E-state index is 5.66. The van der Waals surface area contributed by atoms with Crippen molar-refractivity contribution in [1.29, 1.82) is 0 Å². The lowest BCUT2D eigenvalue weighted by Crippen LogP contribution is -2.43. The Morgan fingerprint density at radius 3 is 2.44 bits per heavy atom. The Balaban J connectivity index is 2.49. The summed E-state index contributed by atoms with van der Waals surface area (Å²) in [4.78, 5) is 0. The predicted molar refractivity (Wildman–Crippen MR) is 37.8 cm³/mol. The Bertz CT molecular complexity index is 108. The lowest BCUT2D eigenvalue weighted by atomic mass is 10.5. The molecule has 1 aliphatic rings. The van der Waals surface area contributed by atoms with E-state index in [1.807, 2.05) is 0 Å². The van der Waals surface area contributed by atoms with E-state index in [-0.39, 0.29) is 6.61 Å². The van der Waals surface area contributed by atoms with E-state index < -0.39 is 4.46 Å². The fraction of sp³-hybridized carbons (Fsp3) is 1.00. The lowest BCUT2D eigenvalue weighted by molar-refractivity contribution is 0.0462. The molecule has 0 spiro atoms. The molecule has 1 saturated heterocycles. The molecule has 5 heteroatoms. The summed E-state index contributed by atoms with van der Waals surface area (Å²) in [5, 5.41) is 0. The van der Waals surface area contributed by atoms with Crippen molar-refractivity contribution in [3.8, 4) is 0 Å². The molecule has 1 fully saturated rings. The van der Waals surface area contributed by atoms with Gasteiger partial charge in [-0.25, -0.2) is 0 Å². The fourth-order valence-corrected chi connectivity index (χ4v) is 1.01. The van der Waals surface area contributed by atoms with Crippen LogP contribution in [0, 0.1) is 0 Å². The highest BCUT2D eigenvalue weighted by Crippen LogP contribution is 2.30. The maximum Gasteiger partial charge on any atom is 0.207 e. The van der Waals surface area contributed by atoms with Gasteiger partial charge >= 0.3 is 0 Å². The van der Waals surface area contributed by atoms with E-state index in [2.05, 4.69) is 0 Å². The second-order valence-corrected chi connectivity index (χ2v) is 3.66. The van der Waals surface area contributed by atoms with E-state index in [4.69, 9.17) is 39.7 Å². The van der Waals surface area contributed by atoms with Crippen LogP contribution in [0.1, 0.15) is 0 Å². The average molecular weight is 190 g/mol. The zero-order chi connectivity index (χ0) is 6.91. The zero-order valence-corrected chi connectivity index (χ0v) is 6.88. The summed E-state index contributed by atoms with van der Waals surface area (Å²) in [6, 6.07) is 0. The molecule has 0 unspecified atom stereocenters. The van der Waals surface area contributed by atoms with Crippen LogP contribution in [0.2, 0.25) is 0 Å². The lowest BCUT2D eigenvalue weighted by Gasteiger charge is -2.31. The Morgan fingerprint density at radius 2 is 2.11 bits per heavy atom. The minimum atomic E-state index is -1.04. The van der Waals surface area contributed by atoms with Crippen molar-refractivity contribution in [2.24, 2.45) is 0 Å². The van der Waals surface area contributed by atoms with Crippen LogP contribution < -0.4 is 0 Å². The van der Waals surface area contributed by atoms with Crippen LogP contribution in [0.3, 0.4) is 0 Å². The molecular weight excluding hydrogens is 184 g/mol. The van der Waals surface area contributed by atoms with Crippen LogP contribution in [0.25, 0.3) is 0 Å². The minimum Gasteiger partial charge on any atom is -0.375 e. The molecule has 0 aliphatic carbocycles. The van der Waals surface area contributed by atoms with Gasteiger partial charge in [-0.15, -0.1) is 0 Å². The van der Waals surface area contributed by atoms with Gasteiger partial charge in [-0.3, -0.25) is 0 Å². The number of nitrogens with zero attached hydrogens (tertiary/aromatic N) is 1. The van der Waals surface area contributed by atoms with E-state index in [9.17, 15) is 0 Å². The summed E-state index contributed by atoms with van der Waals surface area (Å²) in [6.45, 7) is 1.42. The minimum absolute atomic E-state index is 0.264. The SMILES string of the molecule is ClN1CCOCC1(Cl)Cl. The van der Waals surface area contributed by atoms with Gasteiger partial charge < -0.3 is 4.74 Å². The summed E-state index contributed by atoms with van der Waals surface area (Å²) in [7, 11) is 0. The number of hydrogen-bond acceptors (Lipinski definition) is 2. The first-order valence-corrected chi connectivity index (χ1v) is 3.61. The molecule has 0 bridgehead atoms. The van der Waals surface area contributed by atoms with Gasteiger partial charge in [0.15, 0.2) is 0 Å². The van der Waals surface area contributed by atoms with Crippen molar-refractivity contribution in [3.63, 3.8) is 0 Å². The van der Waals surface area contributed by atoms with E-state index in [1.165, 1.54) is 4.42 Å². The third-order valence-corrected chi connectivity index (χ3v) is 2.32. The molecule has 1 aliphatic heterocycles. The molecule has 2 nitrogen and oxygen atoms in total. The number of rotatable bonds is 0.